The molecule has 0 fully saturated rings. The second kappa shape index (κ2) is 15.7. The van der Waals surface area contributed by atoms with E-state index in [9.17, 15) is 10.2 Å². The first-order chi connectivity index (χ1) is 15.8. The van der Waals surface area contributed by atoms with Gasteiger partial charge in [-0.15, -0.1) is 0 Å². The number of rotatable bonds is 12. The zero-order valence-corrected chi connectivity index (χ0v) is 22.0. The SMILES string of the molecule is CCC(CC)N(C)C(CC)c1cccc(O)c1.CCC(CC)NC(CC)c1cccc(O)c1. The van der Waals surface area contributed by atoms with Gasteiger partial charge in [0.15, 0.2) is 0 Å². The molecule has 0 heterocycles. The first-order valence-electron chi connectivity index (χ1n) is 12.9. The Morgan fingerprint density at radius 3 is 1.64 bits per heavy atom. The maximum absolute atomic E-state index is 9.57. The quantitative estimate of drug-likeness (QED) is 0.308. The summed E-state index contributed by atoms with van der Waals surface area (Å²) in [5.74, 6) is 0.709. The van der Waals surface area contributed by atoms with Crippen molar-refractivity contribution in [3.05, 3.63) is 59.7 Å². The third-order valence-corrected chi connectivity index (χ3v) is 6.76. The molecular formula is C29H48N2O2. The Labute approximate surface area is 203 Å². The first kappa shape index (κ1) is 29.0. The Kier molecular flexibility index (Phi) is 13.8. The predicted octanol–water partition coefficient (Wildman–Crippen LogP) is 7.59. The summed E-state index contributed by atoms with van der Waals surface area (Å²) in [5, 5.41) is 22.7. The fourth-order valence-corrected chi connectivity index (χ4v) is 4.61. The van der Waals surface area contributed by atoms with Gasteiger partial charge in [0.1, 0.15) is 11.5 Å². The lowest BCUT2D eigenvalue weighted by atomic mass is 9.99. The summed E-state index contributed by atoms with van der Waals surface area (Å²) >= 11 is 0. The van der Waals surface area contributed by atoms with Gasteiger partial charge in [-0.05, 0) is 81.0 Å². The number of phenols is 2. The molecule has 0 saturated carbocycles. The van der Waals surface area contributed by atoms with Crippen molar-refractivity contribution >= 4 is 0 Å². The van der Waals surface area contributed by atoms with Crippen LogP contribution in [-0.4, -0.2) is 34.2 Å². The average Bonchev–Trinajstić information content (AvgIpc) is 2.82. The topological polar surface area (TPSA) is 55.7 Å². The highest BCUT2D eigenvalue weighted by Crippen LogP contribution is 2.28. The highest BCUT2D eigenvalue weighted by molar-refractivity contribution is 5.30. The lowest BCUT2D eigenvalue weighted by Crippen LogP contribution is -2.34. The van der Waals surface area contributed by atoms with Gasteiger partial charge in [0.05, 0.1) is 0 Å². The Morgan fingerprint density at radius 1 is 0.697 bits per heavy atom. The molecule has 0 radical (unpaired) electrons. The van der Waals surface area contributed by atoms with Crippen LogP contribution < -0.4 is 5.32 Å². The van der Waals surface area contributed by atoms with E-state index >= 15 is 0 Å². The maximum Gasteiger partial charge on any atom is 0.115 e. The second-order valence-corrected chi connectivity index (χ2v) is 8.89. The summed E-state index contributed by atoms with van der Waals surface area (Å²) < 4.78 is 0. The summed E-state index contributed by atoms with van der Waals surface area (Å²) in [4.78, 5) is 2.44. The fraction of sp³-hybridized carbons (Fsp3) is 0.586. The molecule has 0 bridgehead atoms. The summed E-state index contributed by atoms with van der Waals surface area (Å²) in [5.41, 5.74) is 2.39. The van der Waals surface area contributed by atoms with Crippen LogP contribution in [0.1, 0.15) is 103 Å². The zero-order valence-electron chi connectivity index (χ0n) is 22.0. The number of hydrogen-bond acceptors (Lipinski definition) is 4. The molecule has 3 N–H and O–H groups in total. The smallest absolute Gasteiger partial charge is 0.115 e. The lowest BCUT2D eigenvalue weighted by molar-refractivity contribution is 0.159. The van der Waals surface area contributed by atoms with Crippen LogP contribution in [0.3, 0.4) is 0 Å². The van der Waals surface area contributed by atoms with Gasteiger partial charge in [-0.25, -0.2) is 0 Å². The van der Waals surface area contributed by atoms with Crippen molar-refractivity contribution in [2.24, 2.45) is 0 Å². The summed E-state index contributed by atoms with van der Waals surface area (Å²) in [6.07, 6.45) is 6.73. The normalized spacial score (nSPS) is 13.2. The van der Waals surface area contributed by atoms with E-state index in [1.54, 1.807) is 12.1 Å². The van der Waals surface area contributed by atoms with Crippen LogP contribution in [0.25, 0.3) is 0 Å². The van der Waals surface area contributed by atoms with Crippen molar-refractivity contribution < 1.29 is 10.2 Å². The molecule has 2 aromatic rings. The second-order valence-electron chi connectivity index (χ2n) is 8.89. The van der Waals surface area contributed by atoms with Crippen LogP contribution in [0, 0.1) is 0 Å². The molecule has 0 saturated heterocycles. The number of hydrogen-bond donors (Lipinski definition) is 3. The number of nitrogens with zero attached hydrogens (tertiary/aromatic N) is 1. The average molecular weight is 457 g/mol. The van der Waals surface area contributed by atoms with Crippen LogP contribution in [0.15, 0.2) is 48.5 Å². The molecular weight excluding hydrogens is 408 g/mol. The van der Waals surface area contributed by atoms with Crippen LogP contribution in [0.2, 0.25) is 0 Å². The number of aromatic hydroxyl groups is 2. The highest BCUT2D eigenvalue weighted by atomic mass is 16.3. The molecule has 0 amide bonds. The lowest BCUT2D eigenvalue weighted by Gasteiger charge is -2.34. The van der Waals surface area contributed by atoms with Gasteiger partial charge in [-0.3, -0.25) is 4.90 Å². The molecule has 186 valence electrons. The Bertz CT molecular complexity index is 772. The van der Waals surface area contributed by atoms with Crippen LogP contribution in [0.5, 0.6) is 11.5 Å². The number of nitrogens with one attached hydrogen (secondary N) is 1. The molecule has 2 aromatic carbocycles. The van der Waals surface area contributed by atoms with Gasteiger partial charge in [0, 0.05) is 24.2 Å². The van der Waals surface area contributed by atoms with E-state index in [0.717, 1.165) is 25.7 Å². The summed E-state index contributed by atoms with van der Waals surface area (Å²) in [6, 6.07) is 17.1. The summed E-state index contributed by atoms with van der Waals surface area (Å²) in [6.45, 7) is 13.3. The minimum Gasteiger partial charge on any atom is -0.508 e. The predicted molar refractivity (Wildman–Crippen MR) is 142 cm³/mol. The van der Waals surface area contributed by atoms with Crippen molar-refractivity contribution in [2.45, 2.75) is 104 Å². The van der Waals surface area contributed by atoms with E-state index in [-0.39, 0.29) is 0 Å². The van der Waals surface area contributed by atoms with E-state index in [2.05, 4.69) is 70.9 Å². The van der Waals surface area contributed by atoms with Crippen molar-refractivity contribution in [1.29, 1.82) is 0 Å². The Hall–Kier alpha value is -2.04. The first-order valence-corrected chi connectivity index (χ1v) is 12.9. The van der Waals surface area contributed by atoms with Gasteiger partial charge in [0.25, 0.3) is 0 Å². The minimum atomic E-state index is 0.344. The van der Waals surface area contributed by atoms with Crippen LogP contribution >= 0.6 is 0 Å². The van der Waals surface area contributed by atoms with E-state index < -0.39 is 0 Å². The van der Waals surface area contributed by atoms with E-state index in [1.807, 2.05) is 24.3 Å². The van der Waals surface area contributed by atoms with Crippen molar-refractivity contribution in [1.82, 2.24) is 10.2 Å². The molecule has 2 rings (SSSR count). The molecule has 4 heteroatoms. The van der Waals surface area contributed by atoms with Gasteiger partial charge < -0.3 is 15.5 Å². The molecule has 4 nitrogen and oxygen atoms in total. The minimum absolute atomic E-state index is 0.344. The Balaban J connectivity index is 0.000000331. The van der Waals surface area contributed by atoms with Gasteiger partial charge in [0.2, 0.25) is 0 Å². The maximum atomic E-state index is 9.57. The molecule has 0 aromatic heterocycles. The summed E-state index contributed by atoms with van der Waals surface area (Å²) in [7, 11) is 2.19. The fourth-order valence-electron chi connectivity index (χ4n) is 4.61. The highest BCUT2D eigenvalue weighted by Gasteiger charge is 2.20. The van der Waals surface area contributed by atoms with E-state index in [1.165, 1.54) is 24.0 Å². The number of benzene rings is 2. The molecule has 2 atom stereocenters. The molecule has 0 aliphatic heterocycles. The number of phenolic OH excluding ortho intramolecular Hbond substituents is 2. The third kappa shape index (κ3) is 9.38. The van der Waals surface area contributed by atoms with Crippen molar-refractivity contribution in [3.63, 3.8) is 0 Å². The van der Waals surface area contributed by atoms with Gasteiger partial charge in [-0.2, -0.15) is 0 Å². The monoisotopic (exact) mass is 456 g/mol. The van der Waals surface area contributed by atoms with Crippen molar-refractivity contribution in [3.8, 4) is 11.5 Å². The molecule has 0 aliphatic rings. The van der Waals surface area contributed by atoms with Gasteiger partial charge >= 0.3 is 0 Å². The van der Waals surface area contributed by atoms with E-state index in [4.69, 9.17) is 0 Å². The van der Waals surface area contributed by atoms with Crippen molar-refractivity contribution in [2.75, 3.05) is 7.05 Å². The Morgan fingerprint density at radius 2 is 1.21 bits per heavy atom. The molecule has 2 unspecified atom stereocenters. The van der Waals surface area contributed by atoms with Crippen LogP contribution in [-0.2, 0) is 0 Å². The standard InChI is InChI=1S/C15H25NO.C14H23NO/c1-5-13(6-2)16(4)15(7-3)12-9-8-10-14(17)11-12;1-4-12(5-2)15-14(6-3)11-8-7-9-13(16)10-11/h8-11,13,15,17H,5-7H2,1-4H3;7-10,12,14-16H,4-6H2,1-3H3. The van der Waals surface area contributed by atoms with Gasteiger partial charge in [-0.1, -0.05) is 65.8 Å². The third-order valence-electron chi connectivity index (χ3n) is 6.76. The van der Waals surface area contributed by atoms with E-state index in [0.29, 0.717) is 35.7 Å². The largest absolute Gasteiger partial charge is 0.508 e. The van der Waals surface area contributed by atoms with Crippen LogP contribution in [0.4, 0.5) is 0 Å². The molecule has 0 aliphatic carbocycles. The molecule has 0 spiro atoms. The zero-order chi connectivity index (χ0) is 24.8. The molecule has 33 heavy (non-hydrogen) atoms.